The number of nitrogens with one attached hydrogen (secondary N) is 2. The van der Waals surface area contributed by atoms with Gasteiger partial charge in [0, 0.05) is 25.6 Å². The normalized spacial score (nSPS) is 10.3. The molecule has 96 valence electrons. The fourth-order valence-corrected chi connectivity index (χ4v) is 1.31. The smallest absolute Gasteiger partial charge is 0.244 e. The van der Waals surface area contributed by atoms with E-state index in [9.17, 15) is 9.59 Å². The summed E-state index contributed by atoms with van der Waals surface area (Å²) in [5.74, 6) is -0.173. The summed E-state index contributed by atoms with van der Waals surface area (Å²) in [5.41, 5.74) is 0.979. The molecule has 0 spiro atoms. The maximum absolute atomic E-state index is 11.4. The SMILES string of the molecule is CCC(=O)NCCNC(=O)/C=C/c1ccccc1. The van der Waals surface area contributed by atoms with Crippen molar-refractivity contribution in [2.75, 3.05) is 13.1 Å². The first-order chi connectivity index (χ1) is 8.72. The van der Waals surface area contributed by atoms with E-state index in [4.69, 9.17) is 0 Å². The van der Waals surface area contributed by atoms with Gasteiger partial charge in [-0.3, -0.25) is 9.59 Å². The lowest BCUT2D eigenvalue weighted by Crippen LogP contribution is -2.33. The molecule has 0 aliphatic heterocycles. The summed E-state index contributed by atoms with van der Waals surface area (Å²) in [4.78, 5) is 22.3. The zero-order valence-corrected chi connectivity index (χ0v) is 10.5. The molecular weight excluding hydrogens is 228 g/mol. The van der Waals surface area contributed by atoms with Gasteiger partial charge in [0.1, 0.15) is 0 Å². The van der Waals surface area contributed by atoms with Gasteiger partial charge in [-0.1, -0.05) is 37.3 Å². The van der Waals surface area contributed by atoms with Crippen molar-refractivity contribution < 1.29 is 9.59 Å². The highest BCUT2D eigenvalue weighted by molar-refractivity contribution is 5.91. The van der Waals surface area contributed by atoms with Crippen LogP contribution in [0, 0.1) is 0 Å². The molecule has 0 aliphatic rings. The van der Waals surface area contributed by atoms with Gasteiger partial charge in [0.15, 0.2) is 0 Å². The molecule has 2 amide bonds. The topological polar surface area (TPSA) is 58.2 Å². The standard InChI is InChI=1S/C14H18N2O2/c1-2-13(17)15-10-11-16-14(18)9-8-12-6-4-3-5-7-12/h3-9H,2,10-11H2,1H3,(H,15,17)(H,16,18)/b9-8+. The van der Waals surface area contributed by atoms with Crippen LogP contribution in [0.5, 0.6) is 0 Å². The molecule has 0 heterocycles. The van der Waals surface area contributed by atoms with E-state index < -0.39 is 0 Å². The zero-order valence-electron chi connectivity index (χ0n) is 10.5. The predicted octanol–water partition coefficient (Wildman–Crippen LogP) is 1.34. The van der Waals surface area contributed by atoms with Crippen LogP contribution in [0.15, 0.2) is 36.4 Å². The number of benzene rings is 1. The van der Waals surface area contributed by atoms with Crippen molar-refractivity contribution in [1.82, 2.24) is 10.6 Å². The molecular formula is C14H18N2O2. The molecule has 2 N–H and O–H groups in total. The first-order valence-electron chi connectivity index (χ1n) is 6.00. The van der Waals surface area contributed by atoms with Crippen molar-refractivity contribution in [2.24, 2.45) is 0 Å². The van der Waals surface area contributed by atoms with Crippen molar-refractivity contribution in [3.05, 3.63) is 42.0 Å². The lowest BCUT2D eigenvalue weighted by Gasteiger charge is -2.03. The third-order valence-corrected chi connectivity index (χ3v) is 2.29. The van der Waals surface area contributed by atoms with Crippen LogP contribution in [-0.2, 0) is 9.59 Å². The molecule has 18 heavy (non-hydrogen) atoms. The molecule has 0 radical (unpaired) electrons. The minimum absolute atomic E-state index is 0.0101. The summed E-state index contributed by atoms with van der Waals surface area (Å²) in [6, 6.07) is 9.60. The highest BCUT2D eigenvalue weighted by Gasteiger charge is 1.97. The Morgan fingerprint density at radius 2 is 1.78 bits per heavy atom. The minimum Gasteiger partial charge on any atom is -0.354 e. The third kappa shape index (κ3) is 5.84. The van der Waals surface area contributed by atoms with Gasteiger partial charge >= 0.3 is 0 Å². The molecule has 4 nitrogen and oxygen atoms in total. The van der Waals surface area contributed by atoms with Crippen molar-refractivity contribution >= 4 is 17.9 Å². The molecule has 0 saturated carbocycles. The number of carbonyl (C=O) groups is 2. The largest absolute Gasteiger partial charge is 0.354 e. The van der Waals surface area contributed by atoms with E-state index in [0.29, 0.717) is 19.5 Å². The highest BCUT2D eigenvalue weighted by atomic mass is 16.2. The van der Waals surface area contributed by atoms with Gasteiger partial charge in [-0.05, 0) is 11.6 Å². The lowest BCUT2D eigenvalue weighted by molar-refractivity contribution is -0.121. The van der Waals surface area contributed by atoms with Crippen molar-refractivity contribution in [2.45, 2.75) is 13.3 Å². The predicted molar refractivity (Wildman–Crippen MR) is 71.8 cm³/mol. The molecule has 0 saturated heterocycles. The summed E-state index contributed by atoms with van der Waals surface area (Å²) in [5, 5.41) is 5.38. The second-order valence-electron chi connectivity index (χ2n) is 3.74. The van der Waals surface area contributed by atoms with E-state index >= 15 is 0 Å². The Kier molecular flexibility index (Phi) is 6.25. The van der Waals surface area contributed by atoms with Crippen LogP contribution in [-0.4, -0.2) is 24.9 Å². The maximum Gasteiger partial charge on any atom is 0.244 e. The van der Waals surface area contributed by atoms with E-state index in [1.165, 1.54) is 6.08 Å². The molecule has 1 aromatic rings. The zero-order chi connectivity index (χ0) is 13.2. The number of amides is 2. The van der Waals surface area contributed by atoms with Crippen LogP contribution < -0.4 is 10.6 Å². The Labute approximate surface area is 107 Å². The molecule has 0 unspecified atom stereocenters. The number of carbonyl (C=O) groups excluding carboxylic acids is 2. The Hall–Kier alpha value is -2.10. The van der Waals surface area contributed by atoms with Crippen LogP contribution in [0.25, 0.3) is 6.08 Å². The highest BCUT2D eigenvalue weighted by Crippen LogP contribution is 2.00. The first kappa shape index (κ1) is 14.0. The monoisotopic (exact) mass is 246 g/mol. The average Bonchev–Trinajstić information content (AvgIpc) is 2.42. The van der Waals surface area contributed by atoms with Crippen LogP contribution in [0.3, 0.4) is 0 Å². The number of hydrogen-bond acceptors (Lipinski definition) is 2. The lowest BCUT2D eigenvalue weighted by atomic mass is 10.2. The number of rotatable bonds is 6. The van der Waals surface area contributed by atoms with Gasteiger partial charge in [-0.15, -0.1) is 0 Å². The Morgan fingerprint density at radius 3 is 2.44 bits per heavy atom. The van der Waals surface area contributed by atoms with Crippen LogP contribution in [0.2, 0.25) is 0 Å². The minimum atomic E-state index is -0.162. The maximum atomic E-state index is 11.4. The fraction of sp³-hybridized carbons (Fsp3) is 0.286. The average molecular weight is 246 g/mol. The van der Waals surface area contributed by atoms with E-state index in [1.54, 1.807) is 13.0 Å². The molecule has 1 aromatic carbocycles. The Morgan fingerprint density at radius 1 is 1.11 bits per heavy atom. The first-order valence-corrected chi connectivity index (χ1v) is 6.00. The van der Waals surface area contributed by atoms with E-state index in [2.05, 4.69) is 10.6 Å². The molecule has 0 aromatic heterocycles. The summed E-state index contributed by atoms with van der Waals surface area (Å²) in [7, 11) is 0. The number of hydrogen-bond donors (Lipinski definition) is 2. The molecule has 0 fully saturated rings. The molecule has 0 aliphatic carbocycles. The summed E-state index contributed by atoms with van der Waals surface area (Å²) < 4.78 is 0. The van der Waals surface area contributed by atoms with Gasteiger partial charge < -0.3 is 10.6 Å². The molecule has 1 rings (SSSR count). The second kappa shape index (κ2) is 8.06. The third-order valence-electron chi connectivity index (χ3n) is 2.29. The summed E-state index contributed by atoms with van der Waals surface area (Å²) in [6.07, 6.45) is 3.69. The van der Waals surface area contributed by atoms with Gasteiger partial charge in [-0.25, -0.2) is 0 Å². The second-order valence-corrected chi connectivity index (χ2v) is 3.74. The van der Waals surface area contributed by atoms with Crippen LogP contribution in [0.4, 0.5) is 0 Å². The molecule has 0 atom stereocenters. The quantitative estimate of drug-likeness (QED) is 0.588. The molecule has 0 bridgehead atoms. The Bertz CT molecular complexity index is 413. The van der Waals surface area contributed by atoms with Crippen LogP contribution in [0.1, 0.15) is 18.9 Å². The fourth-order valence-electron chi connectivity index (χ4n) is 1.31. The van der Waals surface area contributed by atoms with Crippen LogP contribution >= 0.6 is 0 Å². The van der Waals surface area contributed by atoms with E-state index in [-0.39, 0.29) is 11.8 Å². The molecule has 4 heteroatoms. The summed E-state index contributed by atoms with van der Waals surface area (Å²) >= 11 is 0. The van der Waals surface area contributed by atoms with Gasteiger partial charge in [0.25, 0.3) is 0 Å². The van der Waals surface area contributed by atoms with E-state index in [1.807, 2.05) is 30.3 Å². The van der Waals surface area contributed by atoms with Gasteiger partial charge in [-0.2, -0.15) is 0 Å². The van der Waals surface area contributed by atoms with Gasteiger partial charge in [0.05, 0.1) is 0 Å². The Balaban J connectivity index is 2.22. The van der Waals surface area contributed by atoms with Crippen molar-refractivity contribution in [3.8, 4) is 0 Å². The summed E-state index contributed by atoms with van der Waals surface area (Å²) in [6.45, 7) is 2.68. The van der Waals surface area contributed by atoms with Crippen molar-refractivity contribution in [1.29, 1.82) is 0 Å². The van der Waals surface area contributed by atoms with E-state index in [0.717, 1.165) is 5.56 Å². The van der Waals surface area contributed by atoms with Gasteiger partial charge in [0.2, 0.25) is 11.8 Å². The van der Waals surface area contributed by atoms with Crippen molar-refractivity contribution in [3.63, 3.8) is 0 Å².